The van der Waals surface area contributed by atoms with Crippen molar-refractivity contribution in [3.05, 3.63) is 218 Å². The van der Waals surface area contributed by atoms with Crippen molar-refractivity contribution < 1.29 is 8.83 Å². The van der Waals surface area contributed by atoms with E-state index in [1.54, 1.807) is 0 Å². The Bertz CT molecular complexity index is 4600. The number of fused-ring (bicyclic) bond motifs is 12. The summed E-state index contributed by atoms with van der Waals surface area (Å²) >= 11 is 1.84. The predicted molar refractivity (Wildman–Crippen MR) is 289 cm³/mol. The van der Waals surface area contributed by atoms with Gasteiger partial charge in [-0.15, -0.1) is 11.3 Å². The lowest BCUT2D eigenvalue weighted by atomic mass is 9.98. The van der Waals surface area contributed by atoms with Crippen molar-refractivity contribution in [1.29, 1.82) is 0 Å². The smallest absolute Gasteiger partial charge is 0.164 e. The van der Waals surface area contributed by atoms with E-state index in [0.717, 1.165) is 77.4 Å². The van der Waals surface area contributed by atoms with Crippen LogP contribution in [0.3, 0.4) is 0 Å². The minimum atomic E-state index is 0.563. The first-order valence-electron chi connectivity index (χ1n) is 23.4. The van der Waals surface area contributed by atoms with Gasteiger partial charge in [-0.25, -0.2) is 15.0 Å². The van der Waals surface area contributed by atoms with Gasteiger partial charge in [-0.3, -0.25) is 0 Å². The van der Waals surface area contributed by atoms with Crippen LogP contribution in [0.15, 0.2) is 227 Å². The monoisotopic (exact) mass is 912 g/mol. The number of furan rings is 2. The Labute approximate surface area is 404 Å². The quantitative estimate of drug-likeness (QED) is 0.166. The fourth-order valence-electron chi connectivity index (χ4n) is 10.5. The van der Waals surface area contributed by atoms with Crippen molar-refractivity contribution >= 4 is 97.2 Å². The fourth-order valence-corrected chi connectivity index (χ4v) is 11.7. The topological polar surface area (TPSA) is 69.9 Å². The Morgan fingerprint density at radius 1 is 0.314 bits per heavy atom. The molecule has 326 valence electrons. The van der Waals surface area contributed by atoms with E-state index in [0.29, 0.717) is 17.5 Å². The molecule has 0 aliphatic rings. The van der Waals surface area contributed by atoms with Gasteiger partial charge in [0.05, 0.1) is 11.0 Å². The first-order valence-corrected chi connectivity index (χ1v) is 24.2. The summed E-state index contributed by atoms with van der Waals surface area (Å²) in [7, 11) is 0. The van der Waals surface area contributed by atoms with Crippen molar-refractivity contribution in [1.82, 2.24) is 19.5 Å². The standard InChI is InChI=1S/C63H36N4O2S/c1-3-12-37(13-4-1)61-64-62(42-23-27-46-45-17-8-10-20-54(45)69-57(46)35-42)66-63(65-61)48-18-11-21-56-60(48)51-34-39(25-30-55(51)68-56)40-26-31-58-50(33-40)47-28-22-41(36-59(47)70-58)38-24-29-53-49(32-38)44-16-7-9-19-52(44)67(53)43-14-5-2-6-15-43/h1-36H. The van der Waals surface area contributed by atoms with E-state index in [1.807, 2.05) is 78.1 Å². The number of aromatic nitrogens is 4. The maximum Gasteiger partial charge on any atom is 0.164 e. The molecule has 0 N–H and O–H groups in total. The molecule has 0 saturated carbocycles. The summed E-state index contributed by atoms with van der Waals surface area (Å²) in [5.74, 6) is 1.72. The number of nitrogens with zero attached hydrogens (tertiary/aromatic N) is 4. The van der Waals surface area contributed by atoms with E-state index < -0.39 is 0 Å². The van der Waals surface area contributed by atoms with Crippen LogP contribution in [0.25, 0.3) is 148 Å². The number of thiophene rings is 1. The zero-order valence-electron chi connectivity index (χ0n) is 37.3. The summed E-state index contributed by atoms with van der Waals surface area (Å²) in [6.07, 6.45) is 0. The molecule has 15 rings (SSSR count). The lowest BCUT2D eigenvalue weighted by Gasteiger charge is -2.09. The molecule has 10 aromatic carbocycles. The molecule has 0 saturated heterocycles. The molecule has 5 heterocycles. The highest BCUT2D eigenvalue weighted by Crippen LogP contribution is 2.43. The van der Waals surface area contributed by atoms with Gasteiger partial charge in [0, 0.05) is 74.9 Å². The lowest BCUT2D eigenvalue weighted by molar-refractivity contribution is 0.668. The van der Waals surface area contributed by atoms with Gasteiger partial charge in [-0.2, -0.15) is 0 Å². The molecule has 70 heavy (non-hydrogen) atoms. The Kier molecular flexibility index (Phi) is 8.43. The second kappa shape index (κ2) is 15.2. The number of benzene rings is 10. The molecule has 0 fully saturated rings. The second-order valence-electron chi connectivity index (χ2n) is 17.9. The van der Waals surface area contributed by atoms with Crippen LogP contribution in [0.4, 0.5) is 0 Å². The second-order valence-corrected chi connectivity index (χ2v) is 19.0. The largest absolute Gasteiger partial charge is 0.456 e. The summed E-state index contributed by atoms with van der Waals surface area (Å²) < 4.78 is 17.7. The fraction of sp³-hybridized carbons (Fsp3) is 0. The number of rotatable bonds is 6. The Balaban J connectivity index is 0.823. The normalized spacial score (nSPS) is 12.0. The first-order chi connectivity index (χ1) is 34.6. The molecule has 7 heteroatoms. The molecule has 0 unspecified atom stereocenters. The van der Waals surface area contributed by atoms with Gasteiger partial charge < -0.3 is 13.4 Å². The minimum Gasteiger partial charge on any atom is -0.456 e. The van der Waals surface area contributed by atoms with Crippen LogP contribution in [0, 0.1) is 0 Å². The molecule has 0 aliphatic carbocycles. The average Bonchev–Trinajstić information content (AvgIpc) is 4.19. The molecular formula is C63H36N4O2S. The van der Waals surface area contributed by atoms with Crippen molar-refractivity contribution in [2.75, 3.05) is 0 Å². The highest BCUT2D eigenvalue weighted by Gasteiger charge is 2.20. The molecule has 0 spiro atoms. The number of para-hydroxylation sites is 3. The van der Waals surface area contributed by atoms with Gasteiger partial charge in [0.15, 0.2) is 17.5 Å². The van der Waals surface area contributed by atoms with E-state index in [1.165, 1.54) is 53.1 Å². The third-order valence-electron chi connectivity index (χ3n) is 13.9. The molecule has 0 bridgehead atoms. The zero-order valence-corrected chi connectivity index (χ0v) is 38.1. The van der Waals surface area contributed by atoms with Crippen molar-refractivity contribution in [2.45, 2.75) is 0 Å². The summed E-state index contributed by atoms with van der Waals surface area (Å²) in [5.41, 5.74) is 14.1. The van der Waals surface area contributed by atoms with E-state index in [4.69, 9.17) is 23.8 Å². The van der Waals surface area contributed by atoms with E-state index in [9.17, 15) is 0 Å². The van der Waals surface area contributed by atoms with Crippen LogP contribution < -0.4 is 0 Å². The third kappa shape index (κ3) is 6.08. The van der Waals surface area contributed by atoms with E-state index >= 15 is 0 Å². The molecule has 6 nitrogen and oxygen atoms in total. The van der Waals surface area contributed by atoms with Crippen molar-refractivity contribution in [3.63, 3.8) is 0 Å². The highest BCUT2D eigenvalue weighted by molar-refractivity contribution is 7.25. The molecule has 0 aliphatic heterocycles. The van der Waals surface area contributed by atoms with Crippen LogP contribution in [-0.2, 0) is 0 Å². The number of hydrogen-bond donors (Lipinski definition) is 0. The average molecular weight is 913 g/mol. The van der Waals surface area contributed by atoms with Crippen molar-refractivity contribution in [2.24, 2.45) is 0 Å². The molecule has 5 aromatic heterocycles. The Hall–Kier alpha value is -9.17. The van der Waals surface area contributed by atoms with Crippen LogP contribution in [0.1, 0.15) is 0 Å². The van der Waals surface area contributed by atoms with Gasteiger partial charge in [-0.1, -0.05) is 133 Å². The minimum absolute atomic E-state index is 0.563. The van der Waals surface area contributed by atoms with E-state index in [2.05, 4.69) is 156 Å². The van der Waals surface area contributed by atoms with Gasteiger partial charge in [0.2, 0.25) is 0 Å². The summed E-state index contributed by atoms with van der Waals surface area (Å²) in [4.78, 5) is 15.4. The van der Waals surface area contributed by atoms with Gasteiger partial charge >= 0.3 is 0 Å². The van der Waals surface area contributed by atoms with Crippen LogP contribution >= 0.6 is 11.3 Å². The summed E-state index contributed by atoms with van der Waals surface area (Å²) in [6.45, 7) is 0. The molecule has 0 atom stereocenters. The van der Waals surface area contributed by atoms with Gasteiger partial charge in [0.25, 0.3) is 0 Å². The Morgan fingerprint density at radius 2 is 0.900 bits per heavy atom. The summed E-state index contributed by atoms with van der Waals surface area (Å²) in [6, 6.07) is 77.0. The van der Waals surface area contributed by atoms with Gasteiger partial charge in [0.1, 0.15) is 22.3 Å². The van der Waals surface area contributed by atoms with Crippen LogP contribution in [-0.4, -0.2) is 19.5 Å². The van der Waals surface area contributed by atoms with Gasteiger partial charge in [-0.05, 0) is 107 Å². The van der Waals surface area contributed by atoms with Crippen molar-refractivity contribution in [3.8, 4) is 62.1 Å². The highest BCUT2D eigenvalue weighted by atomic mass is 32.1. The SMILES string of the molecule is c1ccc(-c2nc(-c3ccc4c(c3)oc3ccccc34)nc(-c3cccc4oc5ccc(-c6ccc7sc8cc(-c9ccc%10c(c9)c9ccccc9n%10-c9ccccc9)ccc8c7c6)cc5c34)n2)cc1. The lowest BCUT2D eigenvalue weighted by Crippen LogP contribution is -2.00. The van der Waals surface area contributed by atoms with E-state index in [-0.39, 0.29) is 0 Å². The van der Waals surface area contributed by atoms with Crippen LogP contribution in [0.2, 0.25) is 0 Å². The van der Waals surface area contributed by atoms with Crippen LogP contribution in [0.5, 0.6) is 0 Å². The summed E-state index contributed by atoms with van der Waals surface area (Å²) in [5, 5.41) is 9.09. The molecule has 15 aromatic rings. The maximum absolute atomic E-state index is 6.56. The number of hydrogen-bond acceptors (Lipinski definition) is 6. The first kappa shape index (κ1) is 38.9. The maximum atomic E-state index is 6.56. The predicted octanol–water partition coefficient (Wildman–Crippen LogP) is 17.5. The Morgan fingerprint density at radius 3 is 1.77 bits per heavy atom. The molecule has 0 amide bonds. The zero-order chi connectivity index (χ0) is 45.9. The molecular weight excluding hydrogens is 877 g/mol. The molecule has 0 radical (unpaired) electrons. The third-order valence-corrected chi connectivity index (χ3v) is 15.0.